The monoisotopic (exact) mass is 426 g/mol. The van der Waals surface area contributed by atoms with Crippen molar-refractivity contribution < 1.29 is 17.9 Å². The molecule has 30 heavy (non-hydrogen) atoms. The largest absolute Gasteiger partial charge is 0.457 e. The number of carbonyl (C=O) groups excluding carboxylic acids is 1. The number of imidazole rings is 1. The standard InChI is InChI=1S/C21H22N4O4S/c26-21(18-9-4-5-10-19(18)29-17-7-2-1-3-8-17)24-11-6-12-25(14-13-24)30(27,28)20-15-22-16-23-20/h1-5,7-10,15-16H,6,11-14H2,(H,22,23). The summed E-state index contributed by atoms with van der Waals surface area (Å²) < 4.78 is 32.8. The van der Waals surface area contributed by atoms with Gasteiger partial charge in [-0.1, -0.05) is 30.3 Å². The Kier molecular flexibility index (Phi) is 5.82. The van der Waals surface area contributed by atoms with E-state index >= 15 is 0 Å². The molecule has 0 spiro atoms. The van der Waals surface area contributed by atoms with Crippen molar-refractivity contribution >= 4 is 15.9 Å². The predicted octanol–water partition coefficient (Wildman–Crippen LogP) is 2.74. The van der Waals surface area contributed by atoms with Gasteiger partial charge >= 0.3 is 0 Å². The molecule has 0 bridgehead atoms. The summed E-state index contributed by atoms with van der Waals surface area (Å²) in [7, 11) is -3.65. The van der Waals surface area contributed by atoms with Crippen molar-refractivity contribution in [2.45, 2.75) is 11.4 Å². The van der Waals surface area contributed by atoms with Gasteiger partial charge in [0.1, 0.15) is 11.5 Å². The highest BCUT2D eigenvalue weighted by Gasteiger charge is 2.30. The highest BCUT2D eigenvalue weighted by molar-refractivity contribution is 7.89. The maximum atomic E-state index is 13.2. The van der Waals surface area contributed by atoms with Crippen molar-refractivity contribution in [1.82, 2.24) is 19.2 Å². The van der Waals surface area contributed by atoms with Crippen LogP contribution in [0, 0.1) is 0 Å². The van der Waals surface area contributed by atoms with Gasteiger partial charge in [-0.15, -0.1) is 0 Å². The third-order valence-electron chi connectivity index (χ3n) is 4.92. The number of aromatic nitrogens is 2. The Morgan fingerprint density at radius 2 is 1.73 bits per heavy atom. The molecule has 0 aliphatic carbocycles. The Morgan fingerprint density at radius 1 is 0.967 bits per heavy atom. The van der Waals surface area contributed by atoms with Crippen LogP contribution in [0.3, 0.4) is 0 Å². The molecule has 0 radical (unpaired) electrons. The molecule has 1 amide bonds. The van der Waals surface area contributed by atoms with Crippen molar-refractivity contribution in [3.8, 4) is 11.5 Å². The molecule has 8 nitrogen and oxygen atoms in total. The van der Waals surface area contributed by atoms with Crippen molar-refractivity contribution in [2.75, 3.05) is 26.2 Å². The predicted molar refractivity (Wildman–Crippen MR) is 111 cm³/mol. The Labute approximate surface area is 175 Å². The van der Waals surface area contributed by atoms with Crippen LogP contribution in [-0.2, 0) is 10.0 Å². The SMILES string of the molecule is O=C(c1ccccc1Oc1ccccc1)N1CCCN(S(=O)(=O)c2cnc[nH]2)CC1. The molecular formula is C21H22N4O4S. The van der Waals surface area contributed by atoms with Crippen molar-refractivity contribution in [3.05, 3.63) is 72.7 Å². The van der Waals surface area contributed by atoms with E-state index in [1.54, 1.807) is 23.1 Å². The van der Waals surface area contributed by atoms with Crippen LogP contribution in [0.15, 0.2) is 72.1 Å². The molecule has 1 saturated heterocycles. The molecule has 156 valence electrons. The van der Waals surface area contributed by atoms with E-state index in [0.29, 0.717) is 43.1 Å². The van der Waals surface area contributed by atoms with E-state index in [1.807, 2.05) is 36.4 Å². The van der Waals surface area contributed by atoms with Crippen LogP contribution < -0.4 is 4.74 Å². The lowest BCUT2D eigenvalue weighted by atomic mass is 10.1. The molecule has 1 aliphatic heterocycles. The zero-order valence-corrected chi connectivity index (χ0v) is 17.1. The molecule has 2 heterocycles. The van der Waals surface area contributed by atoms with Crippen LogP contribution in [0.25, 0.3) is 0 Å². The highest BCUT2D eigenvalue weighted by atomic mass is 32.2. The second kappa shape index (κ2) is 8.68. The molecule has 1 aliphatic rings. The Balaban J connectivity index is 1.50. The Hall–Kier alpha value is -3.17. The first kappa shape index (κ1) is 20.1. The normalized spacial score (nSPS) is 15.5. The summed E-state index contributed by atoms with van der Waals surface area (Å²) >= 11 is 0. The van der Waals surface area contributed by atoms with Crippen molar-refractivity contribution in [2.24, 2.45) is 0 Å². The van der Waals surface area contributed by atoms with Gasteiger partial charge in [-0.3, -0.25) is 4.79 Å². The van der Waals surface area contributed by atoms with Crippen LogP contribution in [0.4, 0.5) is 0 Å². The number of hydrogen-bond donors (Lipinski definition) is 1. The summed E-state index contributed by atoms with van der Waals surface area (Å²) in [5, 5.41) is 0.0592. The fraction of sp³-hybridized carbons (Fsp3) is 0.238. The summed E-state index contributed by atoms with van der Waals surface area (Å²) in [5.41, 5.74) is 0.450. The minimum Gasteiger partial charge on any atom is -0.457 e. The number of nitrogens with zero attached hydrogens (tertiary/aromatic N) is 3. The van der Waals surface area contributed by atoms with E-state index in [2.05, 4.69) is 9.97 Å². The second-order valence-corrected chi connectivity index (χ2v) is 8.78. The van der Waals surface area contributed by atoms with Crippen LogP contribution >= 0.6 is 0 Å². The van der Waals surface area contributed by atoms with E-state index in [9.17, 15) is 13.2 Å². The first-order valence-electron chi connectivity index (χ1n) is 9.65. The average molecular weight is 426 g/mol. The minimum absolute atomic E-state index is 0.0592. The van der Waals surface area contributed by atoms with Crippen LogP contribution in [0.2, 0.25) is 0 Å². The third kappa shape index (κ3) is 4.22. The lowest BCUT2D eigenvalue weighted by molar-refractivity contribution is 0.0761. The van der Waals surface area contributed by atoms with Gasteiger partial charge in [0.15, 0.2) is 5.03 Å². The number of carbonyl (C=O) groups is 1. The van der Waals surface area contributed by atoms with E-state index < -0.39 is 10.0 Å². The van der Waals surface area contributed by atoms with Gasteiger partial charge < -0.3 is 14.6 Å². The van der Waals surface area contributed by atoms with Crippen LogP contribution in [-0.4, -0.2) is 59.7 Å². The highest BCUT2D eigenvalue weighted by Crippen LogP contribution is 2.26. The number of H-pyrrole nitrogens is 1. The molecular weight excluding hydrogens is 404 g/mol. The van der Waals surface area contributed by atoms with Crippen molar-refractivity contribution in [3.63, 3.8) is 0 Å². The molecule has 0 saturated carbocycles. The number of nitrogens with one attached hydrogen (secondary N) is 1. The van der Waals surface area contributed by atoms with E-state index in [0.717, 1.165) is 0 Å². The molecule has 1 fully saturated rings. The van der Waals surface area contributed by atoms with Gasteiger partial charge in [0.2, 0.25) is 0 Å². The van der Waals surface area contributed by atoms with Gasteiger partial charge in [0.05, 0.1) is 18.1 Å². The zero-order valence-electron chi connectivity index (χ0n) is 16.3. The van der Waals surface area contributed by atoms with Gasteiger partial charge in [-0.25, -0.2) is 13.4 Å². The molecule has 2 aromatic carbocycles. The molecule has 1 N–H and O–H groups in total. The van der Waals surface area contributed by atoms with Gasteiger partial charge in [-0.05, 0) is 30.7 Å². The first-order chi connectivity index (χ1) is 14.6. The maximum absolute atomic E-state index is 13.2. The quantitative estimate of drug-likeness (QED) is 0.677. The van der Waals surface area contributed by atoms with Gasteiger partial charge in [0.25, 0.3) is 15.9 Å². The van der Waals surface area contributed by atoms with Crippen LogP contribution in [0.5, 0.6) is 11.5 Å². The number of ether oxygens (including phenoxy) is 1. The summed E-state index contributed by atoms with van der Waals surface area (Å²) in [6.07, 6.45) is 3.17. The van der Waals surface area contributed by atoms with Crippen LogP contribution in [0.1, 0.15) is 16.8 Å². The summed E-state index contributed by atoms with van der Waals surface area (Å²) in [4.78, 5) is 21.3. The number of rotatable bonds is 5. The molecule has 4 rings (SSSR count). The molecule has 9 heteroatoms. The summed E-state index contributed by atoms with van der Waals surface area (Å²) in [5.74, 6) is 0.938. The average Bonchev–Trinajstić information content (AvgIpc) is 3.20. The minimum atomic E-state index is -3.65. The Morgan fingerprint density at radius 3 is 2.50 bits per heavy atom. The lowest BCUT2D eigenvalue weighted by Gasteiger charge is -2.22. The van der Waals surface area contributed by atoms with Gasteiger partial charge in [0, 0.05) is 26.2 Å². The molecule has 3 aromatic rings. The fourth-order valence-corrected chi connectivity index (χ4v) is 4.74. The molecule has 1 aromatic heterocycles. The first-order valence-corrected chi connectivity index (χ1v) is 11.1. The number of para-hydroxylation sites is 2. The Bertz CT molecular complexity index is 1100. The third-order valence-corrected chi connectivity index (χ3v) is 6.75. The smallest absolute Gasteiger partial charge is 0.260 e. The van der Waals surface area contributed by atoms with E-state index in [4.69, 9.17) is 4.74 Å². The lowest BCUT2D eigenvalue weighted by Crippen LogP contribution is -2.37. The maximum Gasteiger partial charge on any atom is 0.260 e. The summed E-state index contributed by atoms with van der Waals surface area (Å²) in [6, 6.07) is 16.4. The zero-order chi connectivity index (χ0) is 21.0. The number of aromatic amines is 1. The summed E-state index contributed by atoms with van der Waals surface area (Å²) in [6.45, 7) is 1.32. The second-order valence-electron chi connectivity index (χ2n) is 6.88. The topological polar surface area (TPSA) is 95.6 Å². The van der Waals surface area contributed by atoms with E-state index in [1.165, 1.54) is 16.8 Å². The van der Waals surface area contributed by atoms with Gasteiger partial charge in [-0.2, -0.15) is 4.31 Å². The number of sulfonamides is 1. The van der Waals surface area contributed by atoms with Crippen molar-refractivity contribution in [1.29, 1.82) is 0 Å². The number of hydrogen-bond acceptors (Lipinski definition) is 5. The fourth-order valence-electron chi connectivity index (χ4n) is 3.38. The number of benzene rings is 2. The van der Waals surface area contributed by atoms with E-state index in [-0.39, 0.29) is 17.5 Å². The molecule has 0 unspecified atom stereocenters. The molecule has 0 atom stereocenters. The number of amides is 1.